The van der Waals surface area contributed by atoms with Gasteiger partial charge in [0, 0.05) is 26.5 Å². The summed E-state index contributed by atoms with van der Waals surface area (Å²) in [5.74, 6) is -0.550. The Bertz CT molecular complexity index is 784. The lowest BCUT2D eigenvalue weighted by Crippen LogP contribution is -2.52. The number of carbonyl (C=O) groups is 3. The smallest absolute Gasteiger partial charge is 0.328 e. The molecule has 0 unspecified atom stereocenters. The van der Waals surface area contributed by atoms with Gasteiger partial charge in [0.25, 0.3) is 0 Å². The number of amides is 2. The molecule has 7 heteroatoms. The maximum atomic E-state index is 13.2. The second-order valence-electron chi connectivity index (χ2n) is 9.47. The predicted molar refractivity (Wildman–Crippen MR) is 132 cm³/mol. The van der Waals surface area contributed by atoms with Gasteiger partial charge in [0.1, 0.15) is 6.04 Å². The van der Waals surface area contributed by atoms with Crippen LogP contribution in [0.1, 0.15) is 64.9 Å². The van der Waals surface area contributed by atoms with E-state index >= 15 is 0 Å². The number of likely N-dealkylation sites (tertiary alicyclic amines) is 1. The normalized spacial score (nSPS) is 19.2. The summed E-state index contributed by atoms with van der Waals surface area (Å²) in [5, 5.41) is 2.85. The molecule has 7 nitrogen and oxygen atoms in total. The molecule has 190 valence electrons. The lowest BCUT2D eigenvalue weighted by molar-refractivity contribution is -0.147. The van der Waals surface area contributed by atoms with Crippen molar-refractivity contribution in [2.75, 3.05) is 20.8 Å². The van der Waals surface area contributed by atoms with E-state index < -0.39 is 24.0 Å². The van der Waals surface area contributed by atoms with E-state index in [1.807, 2.05) is 35.2 Å². The van der Waals surface area contributed by atoms with Gasteiger partial charge in [-0.3, -0.25) is 9.59 Å². The lowest BCUT2D eigenvalue weighted by Gasteiger charge is -2.34. The van der Waals surface area contributed by atoms with Gasteiger partial charge in [-0.25, -0.2) is 4.79 Å². The first-order valence-corrected chi connectivity index (χ1v) is 12.6. The van der Waals surface area contributed by atoms with Crippen LogP contribution in [0.2, 0.25) is 0 Å². The summed E-state index contributed by atoms with van der Waals surface area (Å²) in [5.41, 5.74) is 0.930. The lowest BCUT2D eigenvalue weighted by atomic mass is 9.94. The average Bonchev–Trinajstić information content (AvgIpc) is 3.33. The second-order valence-corrected chi connectivity index (χ2v) is 9.47. The van der Waals surface area contributed by atoms with Crippen molar-refractivity contribution in [2.45, 2.75) is 83.9 Å². The maximum absolute atomic E-state index is 13.2. The molecule has 1 saturated heterocycles. The van der Waals surface area contributed by atoms with Crippen LogP contribution in [0.15, 0.2) is 30.3 Å². The number of carbonyl (C=O) groups excluding carboxylic acids is 3. The molecule has 1 aliphatic heterocycles. The van der Waals surface area contributed by atoms with Gasteiger partial charge >= 0.3 is 5.97 Å². The largest absolute Gasteiger partial charge is 0.467 e. The van der Waals surface area contributed by atoms with Crippen LogP contribution in [0.25, 0.3) is 0 Å². The monoisotopic (exact) mass is 474 g/mol. The third-order valence-electron chi connectivity index (χ3n) is 7.05. The number of nitrogens with zero attached hydrogens (tertiary/aromatic N) is 1. The summed E-state index contributed by atoms with van der Waals surface area (Å²) >= 11 is 0. The van der Waals surface area contributed by atoms with Crippen molar-refractivity contribution in [3.63, 3.8) is 0 Å². The van der Waals surface area contributed by atoms with Gasteiger partial charge in [-0.1, -0.05) is 63.9 Å². The molecule has 1 aromatic carbocycles. The highest BCUT2D eigenvalue weighted by Gasteiger charge is 2.40. The van der Waals surface area contributed by atoms with Gasteiger partial charge in [-0.05, 0) is 30.7 Å². The third-order valence-corrected chi connectivity index (χ3v) is 7.05. The Morgan fingerprint density at radius 3 is 2.47 bits per heavy atom. The Kier molecular flexibility index (Phi) is 11.5. The summed E-state index contributed by atoms with van der Waals surface area (Å²) in [4.78, 5) is 40.4. The molecule has 1 fully saturated rings. The quantitative estimate of drug-likeness (QED) is 0.440. The molecule has 2 rings (SSSR count). The van der Waals surface area contributed by atoms with Gasteiger partial charge < -0.3 is 19.7 Å². The molecule has 1 aliphatic rings. The average molecular weight is 475 g/mol. The minimum Gasteiger partial charge on any atom is -0.467 e. The van der Waals surface area contributed by atoms with Crippen LogP contribution >= 0.6 is 0 Å². The van der Waals surface area contributed by atoms with Crippen molar-refractivity contribution in [3.05, 3.63) is 35.9 Å². The Morgan fingerprint density at radius 1 is 1.15 bits per heavy atom. The van der Waals surface area contributed by atoms with E-state index in [1.54, 1.807) is 14.0 Å². The Hall–Kier alpha value is -2.41. The van der Waals surface area contributed by atoms with Crippen LogP contribution in [0.5, 0.6) is 0 Å². The number of nitrogens with one attached hydrogen (secondary N) is 1. The van der Waals surface area contributed by atoms with Gasteiger partial charge in [0.2, 0.25) is 11.8 Å². The van der Waals surface area contributed by atoms with Gasteiger partial charge in [-0.15, -0.1) is 0 Å². The number of hydrogen-bond donors (Lipinski definition) is 1. The number of esters is 1. The summed E-state index contributed by atoms with van der Waals surface area (Å²) < 4.78 is 10.7. The zero-order chi connectivity index (χ0) is 25.1. The standard InChI is InChI=1S/C27H42N2O5/c1-6-19(2)12-10-16-24(30)29-17-11-15-23(29)25(33-4)20(3)26(31)28-22(27(32)34-5)18-21-13-8-7-9-14-21/h7-9,13-14,19-20,22-23,25H,6,10-12,15-18H2,1-5H3,(H,28,31)/t19-,20+,22-,23-,25+/m0/s1. The van der Waals surface area contributed by atoms with Crippen molar-refractivity contribution < 1.29 is 23.9 Å². The number of benzene rings is 1. The van der Waals surface area contributed by atoms with Crippen LogP contribution in [0.4, 0.5) is 0 Å². The molecule has 0 radical (unpaired) electrons. The number of hydrogen-bond acceptors (Lipinski definition) is 5. The third kappa shape index (κ3) is 7.83. The highest BCUT2D eigenvalue weighted by atomic mass is 16.5. The van der Waals surface area contributed by atoms with Crippen molar-refractivity contribution in [1.29, 1.82) is 0 Å². The zero-order valence-electron chi connectivity index (χ0n) is 21.4. The van der Waals surface area contributed by atoms with Crippen molar-refractivity contribution in [2.24, 2.45) is 11.8 Å². The predicted octanol–water partition coefficient (Wildman–Crippen LogP) is 3.75. The molecule has 0 bridgehead atoms. The molecular weight excluding hydrogens is 432 g/mol. The summed E-state index contributed by atoms with van der Waals surface area (Å²) in [6.07, 6.45) is 5.17. The van der Waals surface area contributed by atoms with Gasteiger partial charge in [-0.2, -0.15) is 0 Å². The van der Waals surface area contributed by atoms with Crippen LogP contribution in [-0.4, -0.2) is 61.6 Å². The van der Waals surface area contributed by atoms with Crippen molar-refractivity contribution >= 4 is 17.8 Å². The Labute approximate surface area is 204 Å². The van der Waals surface area contributed by atoms with Gasteiger partial charge in [0.15, 0.2) is 0 Å². The molecule has 0 spiro atoms. The Morgan fingerprint density at radius 2 is 1.85 bits per heavy atom. The molecule has 0 aliphatic carbocycles. The minimum absolute atomic E-state index is 0.136. The molecule has 1 N–H and O–H groups in total. The summed E-state index contributed by atoms with van der Waals surface area (Å²) in [7, 11) is 2.90. The summed E-state index contributed by atoms with van der Waals surface area (Å²) in [6, 6.07) is 8.57. The van der Waals surface area contributed by atoms with E-state index in [4.69, 9.17) is 9.47 Å². The van der Waals surface area contributed by atoms with Crippen molar-refractivity contribution in [1.82, 2.24) is 10.2 Å². The van der Waals surface area contributed by atoms with Crippen LogP contribution < -0.4 is 5.32 Å². The van der Waals surface area contributed by atoms with Crippen LogP contribution in [0.3, 0.4) is 0 Å². The fraction of sp³-hybridized carbons (Fsp3) is 0.667. The van der Waals surface area contributed by atoms with Crippen LogP contribution in [0, 0.1) is 11.8 Å². The fourth-order valence-corrected chi connectivity index (χ4v) is 4.73. The van der Waals surface area contributed by atoms with E-state index in [0.717, 1.165) is 37.7 Å². The first kappa shape index (κ1) is 27.8. The SMILES string of the molecule is CC[C@H](C)CCCC(=O)N1CCC[C@H]1[C@H](OC)[C@@H](C)C(=O)N[C@@H](Cc1ccccc1)C(=O)OC. The molecular formula is C27H42N2O5. The van der Waals surface area contributed by atoms with E-state index in [0.29, 0.717) is 25.3 Å². The zero-order valence-corrected chi connectivity index (χ0v) is 21.4. The Balaban J connectivity index is 2.03. The number of rotatable bonds is 13. The maximum Gasteiger partial charge on any atom is 0.328 e. The fourth-order valence-electron chi connectivity index (χ4n) is 4.73. The van der Waals surface area contributed by atoms with E-state index in [-0.39, 0.29) is 17.9 Å². The van der Waals surface area contributed by atoms with Gasteiger partial charge in [0.05, 0.1) is 25.2 Å². The summed E-state index contributed by atoms with van der Waals surface area (Å²) in [6.45, 7) is 6.87. The van der Waals surface area contributed by atoms with E-state index in [2.05, 4.69) is 19.2 Å². The van der Waals surface area contributed by atoms with E-state index in [1.165, 1.54) is 7.11 Å². The molecule has 34 heavy (non-hydrogen) atoms. The minimum atomic E-state index is -0.790. The highest BCUT2D eigenvalue weighted by molar-refractivity contribution is 5.86. The number of ether oxygens (including phenoxy) is 2. The molecule has 2 amide bonds. The number of methoxy groups -OCH3 is 2. The molecule has 1 heterocycles. The second kappa shape index (κ2) is 14.1. The molecule has 1 aromatic rings. The topological polar surface area (TPSA) is 84.9 Å². The molecule has 0 saturated carbocycles. The molecule has 5 atom stereocenters. The first-order valence-electron chi connectivity index (χ1n) is 12.6. The van der Waals surface area contributed by atoms with E-state index in [9.17, 15) is 14.4 Å². The first-order chi connectivity index (χ1) is 16.3. The van der Waals surface area contributed by atoms with Crippen LogP contribution in [-0.2, 0) is 30.3 Å². The van der Waals surface area contributed by atoms with Crippen molar-refractivity contribution in [3.8, 4) is 0 Å². The molecule has 0 aromatic heterocycles. The highest BCUT2D eigenvalue weighted by Crippen LogP contribution is 2.27.